The van der Waals surface area contributed by atoms with Crippen molar-refractivity contribution < 1.29 is 9.47 Å². The van der Waals surface area contributed by atoms with E-state index in [1.54, 1.807) is 0 Å². The molecule has 0 aromatic heterocycles. The lowest BCUT2D eigenvalue weighted by atomic mass is 9.43. The predicted octanol–water partition coefficient (Wildman–Crippen LogP) is 1.83. The normalized spacial score (nSPS) is 69.2. The van der Waals surface area contributed by atoms with Crippen LogP contribution in [0.4, 0.5) is 0 Å². The molecule has 2 heterocycles. The highest BCUT2D eigenvalue weighted by molar-refractivity contribution is 5.27. The summed E-state index contributed by atoms with van der Waals surface area (Å²) >= 11 is 0. The Bertz CT molecular complexity index is 265. The van der Waals surface area contributed by atoms with Crippen LogP contribution in [0.1, 0.15) is 27.7 Å². The van der Waals surface area contributed by atoms with Crippen molar-refractivity contribution in [3.63, 3.8) is 0 Å². The molecule has 2 nitrogen and oxygen atoms in total. The second kappa shape index (κ2) is 1.96. The van der Waals surface area contributed by atoms with Gasteiger partial charge in [0.15, 0.2) is 0 Å². The van der Waals surface area contributed by atoms with Crippen molar-refractivity contribution >= 4 is 0 Å². The van der Waals surface area contributed by atoms with Gasteiger partial charge in [0.1, 0.15) is 11.7 Å². The van der Waals surface area contributed by atoms with E-state index in [1.807, 2.05) is 0 Å². The summed E-state index contributed by atoms with van der Waals surface area (Å²) in [7, 11) is 0. The van der Waals surface area contributed by atoms with Crippen LogP contribution in [-0.2, 0) is 9.47 Å². The SMILES string of the molecule is CC1O[C@@]23C1OCC2(C)C(C)[C@@H]3C. The quantitative estimate of drug-likeness (QED) is 0.569. The van der Waals surface area contributed by atoms with Gasteiger partial charge in [0.2, 0.25) is 0 Å². The van der Waals surface area contributed by atoms with Gasteiger partial charge in [-0.3, -0.25) is 0 Å². The molecule has 0 aromatic rings. The molecule has 4 unspecified atom stereocenters. The van der Waals surface area contributed by atoms with Crippen LogP contribution in [0.5, 0.6) is 0 Å². The Labute approximate surface area is 79.6 Å². The fraction of sp³-hybridized carbons (Fsp3) is 1.00. The number of hydrogen-bond acceptors (Lipinski definition) is 2. The van der Waals surface area contributed by atoms with Gasteiger partial charge < -0.3 is 9.47 Å². The molecule has 1 saturated carbocycles. The summed E-state index contributed by atoms with van der Waals surface area (Å²) in [6.45, 7) is 9.97. The van der Waals surface area contributed by atoms with Crippen LogP contribution < -0.4 is 0 Å². The average Bonchev–Trinajstić information content (AvgIpc) is 2.32. The molecule has 0 bridgehead atoms. The molecule has 3 fully saturated rings. The van der Waals surface area contributed by atoms with E-state index < -0.39 is 0 Å². The maximum atomic E-state index is 6.01. The Kier molecular flexibility index (Phi) is 1.24. The van der Waals surface area contributed by atoms with Crippen LogP contribution in [0, 0.1) is 17.3 Å². The zero-order valence-corrected chi connectivity index (χ0v) is 8.83. The summed E-state index contributed by atoms with van der Waals surface area (Å²) in [5, 5.41) is 0. The summed E-state index contributed by atoms with van der Waals surface area (Å²) in [5.41, 5.74) is 0.384. The minimum atomic E-state index is 0.0891. The number of hydrogen-bond donors (Lipinski definition) is 0. The maximum absolute atomic E-state index is 6.01. The summed E-state index contributed by atoms with van der Waals surface area (Å²) in [4.78, 5) is 0. The molecule has 2 heteroatoms. The second-order valence-electron chi connectivity index (χ2n) is 5.34. The molecule has 0 radical (unpaired) electrons. The first-order valence-electron chi connectivity index (χ1n) is 5.33. The summed E-state index contributed by atoms with van der Waals surface area (Å²) in [6, 6.07) is 0. The lowest BCUT2D eigenvalue weighted by molar-refractivity contribution is -0.361. The van der Waals surface area contributed by atoms with Gasteiger partial charge in [0.05, 0.1) is 12.7 Å². The molecular formula is C11H18O2. The Morgan fingerprint density at radius 1 is 1.15 bits per heavy atom. The van der Waals surface area contributed by atoms with Gasteiger partial charge in [-0.2, -0.15) is 0 Å². The lowest BCUT2D eigenvalue weighted by Crippen LogP contribution is -2.79. The Hall–Kier alpha value is -0.0800. The van der Waals surface area contributed by atoms with Crippen molar-refractivity contribution in [3.8, 4) is 0 Å². The first-order valence-corrected chi connectivity index (χ1v) is 5.33. The highest BCUT2D eigenvalue weighted by atomic mass is 16.6. The van der Waals surface area contributed by atoms with E-state index in [-0.39, 0.29) is 5.60 Å². The van der Waals surface area contributed by atoms with E-state index >= 15 is 0 Å². The lowest BCUT2D eigenvalue weighted by Gasteiger charge is -2.69. The minimum Gasteiger partial charge on any atom is -0.372 e. The van der Waals surface area contributed by atoms with Crippen LogP contribution in [0.2, 0.25) is 0 Å². The zero-order chi connectivity index (χ0) is 9.43. The van der Waals surface area contributed by atoms with Gasteiger partial charge >= 0.3 is 0 Å². The molecule has 0 amide bonds. The van der Waals surface area contributed by atoms with E-state index in [4.69, 9.17) is 9.47 Å². The summed E-state index contributed by atoms with van der Waals surface area (Å²) < 4.78 is 11.9. The molecular weight excluding hydrogens is 164 g/mol. The van der Waals surface area contributed by atoms with Gasteiger partial charge in [0, 0.05) is 5.41 Å². The Morgan fingerprint density at radius 3 is 2.46 bits per heavy atom. The molecule has 1 spiro atoms. The third kappa shape index (κ3) is 0.556. The van der Waals surface area contributed by atoms with Crippen molar-refractivity contribution in [3.05, 3.63) is 0 Å². The molecule has 0 aromatic carbocycles. The van der Waals surface area contributed by atoms with Crippen molar-refractivity contribution in [2.75, 3.05) is 6.61 Å². The molecule has 74 valence electrons. The van der Waals surface area contributed by atoms with Crippen LogP contribution in [-0.4, -0.2) is 24.4 Å². The topological polar surface area (TPSA) is 18.5 Å². The van der Waals surface area contributed by atoms with E-state index in [2.05, 4.69) is 27.7 Å². The molecule has 3 rings (SSSR count). The van der Waals surface area contributed by atoms with Gasteiger partial charge in [-0.25, -0.2) is 0 Å². The molecule has 3 aliphatic rings. The third-order valence-corrected chi connectivity index (χ3v) is 5.12. The van der Waals surface area contributed by atoms with Crippen LogP contribution in [0.25, 0.3) is 0 Å². The average molecular weight is 182 g/mol. The molecule has 13 heavy (non-hydrogen) atoms. The minimum absolute atomic E-state index is 0.0891. The Morgan fingerprint density at radius 2 is 1.85 bits per heavy atom. The molecule has 2 aliphatic heterocycles. The second-order valence-corrected chi connectivity index (χ2v) is 5.34. The zero-order valence-electron chi connectivity index (χ0n) is 8.83. The number of rotatable bonds is 0. The standard InChI is InChI=1S/C11H18O2/c1-6-7(2)11-9(8(3)13-11)12-5-10(6,11)4/h6-9H,5H2,1-4H3/t6?,7-,8?,9?,10?,11-/m0/s1. The van der Waals surface area contributed by atoms with Gasteiger partial charge in [-0.15, -0.1) is 0 Å². The van der Waals surface area contributed by atoms with Gasteiger partial charge in [-0.1, -0.05) is 20.8 Å². The fourth-order valence-electron chi connectivity index (χ4n) is 4.01. The van der Waals surface area contributed by atoms with Gasteiger partial charge in [0.25, 0.3) is 0 Å². The monoisotopic (exact) mass is 182 g/mol. The van der Waals surface area contributed by atoms with Crippen molar-refractivity contribution in [1.82, 2.24) is 0 Å². The van der Waals surface area contributed by atoms with Crippen LogP contribution in [0.3, 0.4) is 0 Å². The predicted molar refractivity (Wildman–Crippen MR) is 49.5 cm³/mol. The third-order valence-electron chi connectivity index (χ3n) is 5.12. The first-order chi connectivity index (χ1) is 6.04. The van der Waals surface area contributed by atoms with Crippen molar-refractivity contribution in [2.45, 2.75) is 45.5 Å². The van der Waals surface area contributed by atoms with Crippen molar-refractivity contribution in [2.24, 2.45) is 17.3 Å². The number of ether oxygens (including phenoxy) is 2. The highest BCUT2D eigenvalue weighted by Crippen LogP contribution is 2.70. The van der Waals surface area contributed by atoms with Crippen molar-refractivity contribution in [1.29, 1.82) is 0 Å². The Balaban J connectivity index is 2.00. The molecule has 2 saturated heterocycles. The van der Waals surface area contributed by atoms with Crippen LogP contribution >= 0.6 is 0 Å². The molecule has 0 N–H and O–H groups in total. The van der Waals surface area contributed by atoms with E-state index in [0.29, 0.717) is 23.5 Å². The van der Waals surface area contributed by atoms with Crippen LogP contribution in [0.15, 0.2) is 0 Å². The summed E-state index contributed by atoms with van der Waals surface area (Å²) in [6.07, 6.45) is 0.695. The maximum Gasteiger partial charge on any atom is 0.113 e. The molecule has 1 aliphatic carbocycles. The summed E-state index contributed by atoms with van der Waals surface area (Å²) in [5.74, 6) is 1.41. The van der Waals surface area contributed by atoms with Gasteiger partial charge in [-0.05, 0) is 18.8 Å². The fourth-order valence-corrected chi connectivity index (χ4v) is 4.01. The van der Waals surface area contributed by atoms with E-state index in [0.717, 1.165) is 12.5 Å². The smallest absolute Gasteiger partial charge is 0.113 e. The van der Waals surface area contributed by atoms with E-state index in [1.165, 1.54) is 0 Å². The largest absolute Gasteiger partial charge is 0.372 e. The highest BCUT2D eigenvalue weighted by Gasteiger charge is 2.80. The molecule has 6 atom stereocenters. The van der Waals surface area contributed by atoms with E-state index in [9.17, 15) is 0 Å². The first kappa shape index (κ1) is 8.25.